The Morgan fingerprint density at radius 2 is 1.70 bits per heavy atom. The first-order valence-corrected chi connectivity index (χ1v) is 6.29. The molecule has 3 rings (SSSR count). The zero-order valence-electron chi connectivity index (χ0n) is 11.2. The van der Waals surface area contributed by atoms with E-state index in [0.717, 1.165) is 11.1 Å². The van der Waals surface area contributed by atoms with Gasteiger partial charge in [0.25, 0.3) is 0 Å². The summed E-state index contributed by atoms with van der Waals surface area (Å²) in [6.45, 7) is 3.91. The molecule has 0 saturated heterocycles. The van der Waals surface area contributed by atoms with Gasteiger partial charge in [0.15, 0.2) is 11.4 Å². The maximum Gasteiger partial charge on any atom is 0.417 e. The average Bonchev–Trinajstić information content (AvgIpc) is 2.75. The second kappa shape index (κ2) is 4.49. The number of fused-ring (bicyclic) bond motifs is 1. The molecule has 1 N–H and O–H groups in total. The lowest BCUT2D eigenvalue weighted by atomic mass is 9.99. The van der Waals surface area contributed by atoms with E-state index in [4.69, 9.17) is 4.42 Å². The van der Waals surface area contributed by atoms with Gasteiger partial charge in [-0.25, -0.2) is 4.79 Å². The van der Waals surface area contributed by atoms with Crippen LogP contribution in [-0.2, 0) is 0 Å². The number of carbonyl (C=O) groups excluding carboxylic acids is 1. The molecule has 0 aliphatic heterocycles. The molecule has 0 radical (unpaired) electrons. The van der Waals surface area contributed by atoms with E-state index in [1.54, 1.807) is 18.2 Å². The number of H-pyrrole nitrogens is 1. The van der Waals surface area contributed by atoms with Crippen LogP contribution in [0.4, 0.5) is 0 Å². The number of aromatic amines is 1. The highest BCUT2D eigenvalue weighted by molar-refractivity contribution is 6.10. The predicted octanol–water partition coefficient (Wildman–Crippen LogP) is 2.97. The van der Waals surface area contributed by atoms with Crippen molar-refractivity contribution in [3.05, 3.63) is 69.2 Å². The van der Waals surface area contributed by atoms with E-state index < -0.39 is 5.76 Å². The molecule has 0 unspecified atom stereocenters. The summed E-state index contributed by atoms with van der Waals surface area (Å²) < 4.78 is 4.98. The predicted molar refractivity (Wildman–Crippen MR) is 76.2 cm³/mol. The van der Waals surface area contributed by atoms with Crippen molar-refractivity contribution in [2.45, 2.75) is 13.8 Å². The van der Waals surface area contributed by atoms with Crippen molar-refractivity contribution in [3.63, 3.8) is 0 Å². The molecular formula is C16H13NO3. The third-order valence-corrected chi connectivity index (χ3v) is 3.17. The minimum atomic E-state index is -0.518. The topological polar surface area (TPSA) is 63.1 Å². The van der Waals surface area contributed by atoms with E-state index in [-0.39, 0.29) is 5.78 Å². The van der Waals surface area contributed by atoms with Gasteiger partial charge in [-0.3, -0.25) is 9.78 Å². The molecule has 20 heavy (non-hydrogen) atoms. The average molecular weight is 267 g/mol. The Kier molecular flexibility index (Phi) is 2.79. The number of aromatic nitrogens is 1. The quantitative estimate of drug-likeness (QED) is 0.726. The van der Waals surface area contributed by atoms with E-state index in [1.165, 1.54) is 0 Å². The van der Waals surface area contributed by atoms with Crippen molar-refractivity contribution < 1.29 is 9.21 Å². The van der Waals surface area contributed by atoms with Gasteiger partial charge < -0.3 is 4.42 Å². The number of ketones is 1. The Bertz CT molecular complexity index is 851. The van der Waals surface area contributed by atoms with Crippen LogP contribution in [0.15, 0.2) is 45.6 Å². The Morgan fingerprint density at radius 1 is 1.00 bits per heavy atom. The lowest BCUT2D eigenvalue weighted by molar-refractivity contribution is 0.103. The van der Waals surface area contributed by atoms with Gasteiger partial charge in [-0.2, -0.15) is 0 Å². The van der Waals surface area contributed by atoms with Gasteiger partial charge in [0.05, 0.1) is 5.52 Å². The zero-order chi connectivity index (χ0) is 14.3. The molecule has 1 heterocycles. The molecule has 4 heteroatoms. The molecule has 3 aromatic rings. The van der Waals surface area contributed by atoms with Crippen molar-refractivity contribution >= 4 is 16.9 Å². The van der Waals surface area contributed by atoms with Gasteiger partial charge in [0.2, 0.25) is 0 Å². The van der Waals surface area contributed by atoms with Gasteiger partial charge in [0.1, 0.15) is 0 Å². The number of hydrogen-bond donors (Lipinski definition) is 1. The summed E-state index contributed by atoms with van der Waals surface area (Å²) >= 11 is 0. The number of aryl methyl sites for hydroxylation is 2. The fraction of sp³-hybridized carbons (Fsp3) is 0.125. The fourth-order valence-electron chi connectivity index (χ4n) is 2.36. The number of hydrogen-bond acceptors (Lipinski definition) is 3. The summed E-state index contributed by atoms with van der Waals surface area (Å²) in [6.07, 6.45) is 0. The van der Waals surface area contributed by atoms with E-state index in [9.17, 15) is 9.59 Å². The molecule has 100 valence electrons. The number of nitrogens with one attached hydrogen (secondary N) is 1. The van der Waals surface area contributed by atoms with Crippen LogP contribution in [0.2, 0.25) is 0 Å². The van der Waals surface area contributed by atoms with Crippen LogP contribution in [0.1, 0.15) is 27.0 Å². The largest absolute Gasteiger partial charge is 0.417 e. The van der Waals surface area contributed by atoms with Crippen LogP contribution in [-0.4, -0.2) is 10.8 Å². The van der Waals surface area contributed by atoms with Crippen molar-refractivity contribution in [2.24, 2.45) is 0 Å². The minimum Gasteiger partial charge on any atom is -0.408 e. The third kappa shape index (κ3) is 2.16. The molecule has 0 atom stereocenters. The van der Waals surface area contributed by atoms with E-state index in [1.807, 2.05) is 32.0 Å². The highest BCUT2D eigenvalue weighted by Gasteiger charge is 2.12. The van der Waals surface area contributed by atoms with E-state index in [0.29, 0.717) is 22.2 Å². The lowest BCUT2D eigenvalue weighted by Gasteiger charge is -2.04. The highest BCUT2D eigenvalue weighted by atomic mass is 16.4. The van der Waals surface area contributed by atoms with Gasteiger partial charge in [-0.05, 0) is 44.2 Å². The SMILES string of the molecule is Cc1cc(C)cc(C(=O)c2ccc3[nH]c(=O)oc3c2)c1. The molecule has 4 nitrogen and oxygen atoms in total. The monoisotopic (exact) mass is 267 g/mol. The summed E-state index contributed by atoms with van der Waals surface area (Å²) in [5, 5.41) is 0. The standard InChI is InChI=1S/C16H13NO3/c1-9-5-10(2)7-12(6-9)15(18)11-3-4-13-14(8-11)20-16(19)17-13/h3-8H,1-2H3,(H,17,19). The number of oxazole rings is 1. The van der Waals surface area contributed by atoms with Crippen molar-refractivity contribution in [3.8, 4) is 0 Å². The summed E-state index contributed by atoms with van der Waals surface area (Å²) in [7, 11) is 0. The second-order valence-corrected chi connectivity index (χ2v) is 4.93. The van der Waals surface area contributed by atoms with Gasteiger partial charge in [-0.1, -0.05) is 17.2 Å². The zero-order valence-corrected chi connectivity index (χ0v) is 11.2. The maximum absolute atomic E-state index is 12.5. The van der Waals surface area contributed by atoms with Crippen molar-refractivity contribution in [2.75, 3.05) is 0 Å². The number of benzene rings is 2. The van der Waals surface area contributed by atoms with E-state index >= 15 is 0 Å². The normalized spacial score (nSPS) is 10.9. The lowest BCUT2D eigenvalue weighted by Crippen LogP contribution is -2.02. The molecule has 2 aromatic carbocycles. The van der Waals surface area contributed by atoms with Gasteiger partial charge in [-0.15, -0.1) is 0 Å². The number of carbonyl (C=O) groups is 1. The summed E-state index contributed by atoms with van der Waals surface area (Å²) in [4.78, 5) is 26.1. The third-order valence-electron chi connectivity index (χ3n) is 3.17. The van der Waals surface area contributed by atoms with Gasteiger partial charge >= 0.3 is 5.76 Å². The van der Waals surface area contributed by atoms with Crippen LogP contribution < -0.4 is 5.76 Å². The fourth-order valence-corrected chi connectivity index (χ4v) is 2.36. The summed E-state index contributed by atoms with van der Waals surface area (Å²) in [5.74, 6) is -0.599. The van der Waals surface area contributed by atoms with Crippen LogP contribution in [0.3, 0.4) is 0 Å². The molecule has 0 spiro atoms. The van der Waals surface area contributed by atoms with Crippen LogP contribution >= 0.6 is 0 Å². The molecule has 0 saturated carbocycles. The van der Waals surface area contributed by atoms with Crippen molar-refractivity contribution in [1.29, 1.82) is 0 Å². The molecule has 0 aliphatic rings. The maximum atomic E-state index is 12.5. The van der Waals surface area contributed by atoms with Crippen LogP contribution in [0.5, 0.6) is 0 Å². The number of rotatable bonds is 2. The van der Waals surface area contributed by atoms with Crippen molar-refractivity contribution in [1.82, 2.24) is 4.98 Å². The molecule has 1 aromatic heterocycles. The van der Waals surface area contributed by atoms with E-state index in [2.05, 4.69) is 4.98 Å². The smallest absolute Gasteiger partial charge is 0.408 e. The molecule has 0 bridgehead atoms. The minimum absolute atomic E-state index is 0.0810. The Labute approximate surface area is 115 Å². The first-order valence-electron chi connectivity index (χ1n) is 6.29. The highest BCUT2D eigenvalue weighted by Crippen LogP contribution is 2.17. The Balaban J connectivity index is 2.09. The van der Waals surface area contributed by atoms with Gasteiger partial charge in [0, 0.05) is 11.1 Å². The summed E-state index contributed by atoms with van der Waals surface area (Å²) in [5.41, 5.74) is 4.22. The molecule has 0 amide bonds. The molecule has 0 aliphatic carbocycles. The van der Waals surface area contributed by atoms with Crippen LogP contribution in [0.25, 0.3) is 11.1 Å². The Morgan fingerprint density at radius 3 is 2.40 bits per heavy atom. The second-order valence-electron chi connectivity index (χ2n) is 4.93. The summed E-state index contributed by atoms with van der Waals surface area (Å²) in [6, 6.07) is 10.7. The molecular weight excluding hydrogens is 254 g/mol. The first kappa shape index (κ1) is 12.4. The Hall–Kier alpha value is -2.62. The van der Waals surface area contributed by atoms with Crippen LogP contribution in [0, 0.1) is 13.8 Å². The first-order chi connectivity index (χ1) is 9.52. The molecule has 0 fully saturated rings.